The lowest BCUT2D eigenvalue weighted by Gasteiger charge is -2.12. The fourth-order valence-corrected chi connectivity index (χ4v) is 2.31. The zero-order valence-electron chi connectivity index (χ0n) is 14.0. The fourth-order valence-electron chi connectivity index (χ4n) is 2.08. The van der Waals surface area contributed by atoms with Crippen molar-refractivity contribution < 1.29 is 23.4 Å². The van der Waals surface area contributed by atoms with E-state index in [-0.39, 0.29) is 23.3 Å². The number of ether oxygens (including phenoxy) is 3. The maximum Gasteiger partial charge on any atom is 0.258 e. The SMILES string of the molecule is CCOc1ccc(CNC(=O)COc2ccc(F)cc2Cl)cc1OC. The van der Waals surface area contributed by atoms with E-state index in [4.69, 9.17) is 25.8 Å². The van der Waals surface area contributed by atoms with E-state index < -0.39 is 5.82 Å². The van der Waals surface area contributed by atoms with E-state index in [1.165, 1.54) is 12.1 Å². The molecule has 0 aliphatic heterocycles. The van der Waals surface area contributed by atoms with Crippen LogP contribution >= 0.6 is 11.6 Å². The summed E-state index contributed by atoms with van der Waals surface area (Å²) in [5, 5.41) is 2.84. The van der Waals surface area contributed by atoms with Gasteiger partial charge in [0.25, 0.3) is 5.91 Å². The van der Waals surface area contributed by atoms with Gasteiger partial charge in [0, 0.05) is 6.54 Å². The second-order valence-corrected chi connectivity index (χ2v) is 5.47. The highest BCUT2D eigenvalue weighted by Gasteiger charge is 2.09. The highest BCUT2D eigenvalue weighted by molar-refractivity contribution is 6.32. The minimum atomic E-state index is -0.466. The topological polar surface area (TPSA) is 56.8 Å². The van der Waals surface area contributed by atoms with Crippen LogP contribution in [0.1, 0.15) is 12.5 Å². The summed E-state index contributed by atoms with van der Waals surface area (Å²) in [6, 6.07) is 9.14. The number of hydrogen-bond acceptors (Lipinski definition) is 4. The number of nitrogens with one attached hydrogen (secondary N) is 1. The highest BCUT2D eigenvalue weighted by atomic mass is 35.5. The number of hydrogen-bond donors (Lipinski definition) is 1. The summed E-state index contributed by atoms with van der Waals surface area (Å²) in [7, 11) is 1.56. The molecular formula is C18H19ClFNO4. The van der Waals surface area contributed by atoms with Gasteiger partial charge in [-0.3, -0.25) is 4.79 Å². The van der Waals surface area contributed by atoms with Gasteiger partial charge in [-0.1, -0.05) is 17.7 Å². The van der Waals surface area contributed by atoms with Gasteiger partial charge >= 0.3 is 0 Å². The molecule has 0 bridgehead atoms. The van der Waals surface area contributed by atoms with E-state index in [0.29, 0.717) is 24.7 Å². The zero-order valence-corrected chi connectivity index (χ0v) is 14.7. The summed E-state index contributed by atoms with van der Waals surface area (Å²) in [6.45, 7) is 2.51. The van der Waals surface area contributed by atoms with Crippen molar-refractivity contribution in [2.45, 2.75) is 13.5 Å². The maximum atomic E-state index is 13.0. The third-order valence-corrected chi connectivity index (χ3v) is 3.57. The lowest BCUT2D eigenvalue weighted by atomic mass is 10.2. The van der Waals surface area contributed by atoms with Gasteiger partial charge in [-0.2, -0.15) is 0 Å². The molecule has 1 amide bonds. The standard InChI is InChI=1S/C18H19ClFNO4/c1-3-24-16-6-4-12(8-17(16)23-2)10-21-18(22)11-25-15-7-5-13(20)9-14(15)19/h4-9H,3,10-11H2,1-2H3,(H,21,22). The first-order valence-electron chi connectivity index (χ1n) is 7.67. The molecule has 0 saturated heterocycles. The number of halogens is 2. The predicted octanol–water partition coefficient (Wildman–Crippen LogP) is 3.58. The first-order valence-corrected chi connectivity index (χ1v) is 8.05. The Hall–Kier alpha value is -2.47. The number of carbonyl (C=O) groups excluding carboxylic acids is 1. The van der Waals surface area contributed by atoms with Gasteiger partial charge in [0.05, 0.1) is 18.7 Å². The van der Waals surface area contributed by atoms with Crippen molar-refractivity contribution in [2.75, 3.05) is 20.3 Å². The molecule has 0 spiro atoms. The van der Waals surface area contributed by atoms with Crippen molar-refractivity contribution >= 4 is 17.5 Å². The smallest absolute Gasteiger partial charge is 0.258 e. The van der Waals surface area contributed by atoms with Crippen molar-refractivity contribution in [3.63, 3.8) is 0 Å². The summed E-state index contributed by atoms with van der Waals surface area (Å²) in [5.41, 5.74) is 0.855. The van der Waals surface area contributed by atoms with Crippen molar-refractivity contribution in [3.8, 4) is 17.2 Å². The Balaban J connectivity index is 1.87. The Morgan fingerprint density at radius 3 is 2.56 bits per heavy atom. The van der Waals surface area contributed by atoms with Crippen LogP contribution in [0.25, 0.3) is 0 Å². The molecule has 0 heterocycles. The van der Waals surface area contributed by atoms with Crippen LogP contribution in [0.5, 0.6) is 17.2 Å². The molecule has 5 nitrogen and oxygen atoms in total. The third kappa shape index (κ3) is 5.53. The number of amides is 1. The molecule has 2 rings (SSSR count). The van der Waals surface area contributed by atoms with Gasteiger partial charge in [0.1, 0.15) is 11.6 Å². The van der Waals surface area contributed by atoms with Crippen LogP contribution in [0.15, 0.2) is 36.4 Å². The zero-order chi connectivity index (χ0) is 18.2. The van der Waals surface area contributed by atoms with Gasteiger partial charge in [0.15, 0.2) is 18.1 Å². The minimum Gasteiger partial charge on any atom is -0.493 e. The number of rotatable bonds is 8. The van der Waals surface area contributed by atoms with Gasteiger partial charge in [-0.25, -0.2) is 4.39 Å². The Kier molecular flexibility index (Phi) is 6.89. The molecule has 0 saturated carbocycles. The van der Waals surface area contributed by atoms with Crippen LogP contribution < -0.4 is 19.5 Å². The number of benzene rings is 2. The quantitative estimate of drug-likeness (QED) is 0.774. The monoisotopic (exact) mass is 367 g/mol. The molecule has 0 aromatic heterocycles. The minimum absolute atomic E-state index is 0.115. The second kappa shape index (κ2) is 9.13. The summed E-state index contributed by atoms with van der Waals surface area (Å²) >= 11 is 5.84. The van der Waals surface area contributed by atoms with Gasteiger partial charge in [-0.15, -0.1) is 0 Å². The van der Waals surface area contributed by atoms with Crippen LogP contribution in [0.3, 0.4) is 0 Å². The van der Waals surface area contributed by atoms with Gasteiger partial charge in [0.2, 0.25) is 0 Å². The van der Waals surface area contributed by atoms with Gasteiger partial charge in [-0.05, 0) is 42.8 Å². The largest absolute Gasteiger partial charge is 0.493 e. The van der Waals surface area contributed by atoms with Crippen molar-refractivity contribution in [1.29, 1.82) is 0 Å². The summed E-state index contributed by atoms with van der Waals surface area (Å²) in [5.74, 6) is 0.706. The molecule has 0 fully saturated rings. The highest BCUT2D eigenvalue weighted by Crippen LogP contribution is 2.28. The summed E-state index contributed by atoms with van der Waals surface area (Å²) < 4.78 is 28.9. The lowest BCUT2D eigenvalue weighted by molar-refractivity contribution is -0.123. The van der Waals surface area contributed by atoms with E-state index >= 15 is 0 Å². The Morgan fingerprint density at radius 1 is 1.12 bits per heavy atom. The van der Waals surface area contributed by atoms with E-state index in [0.717, 1.165) is 11.6 Å². The molecule has 0 aliphatic carbocycles. The maximum absolute atomic E-state index is 13.0. The predicted molar refractivity (Wildman–Crippen MR) is 92.9 cm³/mol. The molecule has 0 atom stereocenters. The fraction of sp³-hybridized carbons (Fsp3) is 0.278. The average molecular weight is 368 g/mol. The Bertz CT molecular complexity index is 739. The molecular weight excluding hydrogens is 349 g/mol. The molecule has 0 unspecified atom stereocenters. The molecule has 2 aromatic carbocycles. The molecule has 1 N–H and O–H groups in total. The Labute approximate surface area is 150 Å². The second-order valence-electron chi connectivity index (χ2n) is 5.06. The Morgan fingerprint density at radius 2 is 1.88 bits per heavy atom. The van der Waals surface area contributed by atoms with Gasteiger partial charge < -0.3 is 19.5 Å². The van der Waals surface area contributed by atoms with E-state index in [9.17, 15) is 9.18 Å². The first-order chi connectivity index (χ1) is 12.0. The first kappa shape index (κ1) is 18.9. The number of methoxy groups -OCH3 is 1. The normalized spacial score (nSPS) is 10.2. The van der Waals surface area contributed by atoms with Crippen LogP contribution in [-0.4, -0.2) is 26.2 Å². The van der Waals surface area contributed by atoms with E-state index in [1.807, 2.05) is 13.0 Å². The van der Waals surface area contributed by atoms with Crippen molar-refractivity contribution in [3.05, 3.63) is 52.8 Å². The summed E-state index contributed by atoms with van der Waals surface area (Å²) in [6.07, 6.45) is 0. The van der Waals surface area contributed by atoms with Crippen LogP contribution in [0.4, 0.5) is 4.39 Å². The van der Waals surface area contributed by atoms with Crippen LogP contribution in [-0.2, 0) is 11.3 Å². The molecule has 2 aromatic rings. The molecule has 0 radical (unpaired) electrons. The lowest BCUT2D eigenvalue weighted by Crippen LogP contribution is -2.28. The third-order valence-electron chi connectivity index (χ3n) is 3.27. The van der Waals surface area contributed by atoms with Crippen molar-refractivity contribution in [1.82, 2.24) is 5.32 Å². The molecule has 25 heavy (non-hydrogen) atoms. The number of carbonyl (C=O) groups is 1. The van der Waals surface area contributed by atoms with Crippen LogP contribution in [0, 0.1) is 5.82 Å². The molecule has 134 valence electrons. The van der Waals surface area contributed by atoms with Crippen molar-refractivity contribution in [2.24, 2.45) is 0 Å². The van der Waals surface area contributed by atoms with E-state index in [1.54, 1.807) is 19.2 Å². The summed E-state index contributed by atoms with van der Waals surface area (Å²) in [4.78, 5) is 11.9. The van der Waals surface area contributed by atoms with E-state index in [2.05, 4.69) is 5.32 Å². The average Bonchev–Trinajstić information content (AvgIpc) is 2.60. The molecule has 7 heteroatoms. The van der Waals surface area contributed by atoms with Crippen LogP contribution in [0.2, 0.25) is 5.02 Å². The molecule has 0 aliphatic rings.